The van der Waals surface area contributed by atoms with Crippen LogP contribution in [0, 0.1) is 11.8 Å². The molecule has 1 unspecified atom stereocenters. The maximum atomic E-state index is 11.1. The number of nitrogens with one attached hydrogen (secondary N) is 1. The molecule has 0 aliphatic heterocycles. The minimum absolute atomic E-state index is 0.0116. The molecule has 1 atom stereocenters. The highest BCUT2D eigenvalue weighted by atomic mass is 16.5. The molecule has 0 aromatic carbocycles. The number of alkyl carbamates (subject to hydrolysis) is 1. The molecule has 0 rings (SSSR count). The van der Waals surface area contributed by atoms with Crippen molar-refractivity contribution in [2.75, 3.05) is 7.11 Å². The van der Waals surface area contributed by atoms with Crippen molar-refractivity contribution < 1.29 is 9.53 Å². The Bertz CT molecular complexity index is 209. The van der Waals surface area contributed by atoms with E-state index >= 15 is 0 Å². The largest absolute Gasteiger partial charge is 0.453 e. The fourth-order valence-electron chi connectivity index (χ4n) is 1.23. The molecule has 0 bridgehead atoms. The number of ether oxygens (including phenoxy) is 1. The molecule has 14 heavy (non-hydrogen) atoms. The van der Waals surface area contributed by atoms with E-state index in [2.05, 4.69) is 30.5 Å². The Labute approximate surface area is 86.5 Å². The standard InChI is InChI=1S/C11H21NO2/c1-7(2)9(5)10(8(3)4)12-11(13)14-6/h7-8,10H,5H2,1-4,6H3,(H,12,13). The Morgan fingerprint density at radius 3 is 2.07 bits per heavy atom. The van der Waals surface area contributed by atoms with E-state index in [4.69, 9.17) is 0 Å². The van der Waals surface area contributed by atoms with Gasteiger partial charge < -0.3 is 10.1 Å². The van der Waals surface area contributed by atoms with E-state index in [1.807, 2.05) is 13.8 Å². The van der Waals surface area contributed by atoms with Gasteiger partial charge in [0.1, 0.15) is 0 Å². The van der Waals surface area contributed by atoms with Crippen molar-refractivity contribution in [3.05, 3.63) is 12.2 Å². The zero-order chi connectivity index (χ0) is 11.3. The number of methoxy groups -OCH3 is 1. The van der Waals surface area contributed by atoms with Crippen LogP contribution in [0.3, 0.4) is 0 Å². The SMILES string of the molecule is C=C(C(C)C)C(NC(=O)OC)C(C)C. The first-order valence-electron chi connectivity index (χ1n) is 4.93. The van der Waals surface area contributed by atoms with Gasteiger partial charge in [-0.25, -0.2) is 4.79 Å². The summed E-state index contributed by atoms with van der Waals surface area (Å²) >= 11 is 0. The van der Waals surface area contributed by atoms with Gasteiger partial charge in [-0.05, 0) is 11.8 Å². The van der Waals surface area contributed by atoms with Crippen LogP contribution in [0.5, 0.6) is 0 Å². The molecule has 0 spiro atoms. The molecule has 0 saturated heterocycles. The number of carbonyl (C=O) groups excluding carboxylic acids is 1. The third kappa shape index (κ3) is 3.81. The molecule has 82 valence electrons. The highest BCUT2D eigenvalue weighted by molar-refractivity contribution is 5.67. The summed E-state index contributed by atoms with van der Waals surface area (Å²) in [5, 5.41) is 2.79. The fraction of sp³-hybridized carbons (Fsp3) is 0.727. The van der Waals surface area contributed by atoms with E-state index < -0.39 is 6.09 Å². The number of carbonyl (C=O) groups is 1. The van der Waals surface area contributed by atoms with Crippen molar-refractivity contribution in [2.24, 2.45) is 11.8 Å². The Morgan fingerprint density at radius 1 is 1.29 bits per heavy atom. The highest BCUT2D eigenvalue weighted by Crippen LogP contribution is 2.18. The summed E-state index contributed by atoms with van der Waals surface area (Å²) in [7, 11) is 1.37. The van der Waals surface area contributed by atoms with Crippen molar-refractivity contribution in [2.45, 2.75) is 33.7 Å². The predicted molar refractivity (Wildman–Crippen MR) is 58.1 cm³/mol. The van der Waals surface area contributed by atoms with Crippen molar-refractivity contribution in [1.82, 2.24) is 5.32 Å². The zero-order valence-corrected chi connectivity index (χ0v) is 9.76. The van der Waals surface area contributed by atoms with Crippen molar-refractivity contribution in [3.8, 4) is 0 Å². The lowest BCUT2D eigenvalue weighted by Crippen LogP contribution is -2.40. The lowest BCUT2D eigenvalue weighted by Gasteiger charge is -2.26. The van der Waals surface area contributed by atoms with Gasteiger partial charge in [0.05, 0.1) is 13.2 Å². The molecule has 0 heterocycles. The van der Waals surface area contributed by atoms with Crippen LogP contribution in [-0.4, -0.2) is 19.2 Å². The summed E-state index contributed by atoms with van der Waals surface area (Å²) in [4.78, 5) is 11.1. The van der Waals surface area contributed by atoms with Gasteiger partial charge in [0.25, 0.3) is 0 Å². The minimum Gasteiger partial charge on any atom is -0.453 e. The lowest BCUT2D eigenvalue weighted by atomic mass is 9.90. The van der Waals surface area contributed by atoms with E-state index in [1.165, 1.54) is 7.11 Å². The monoisotopic (exact) mass is 199 g/mol. The number of rotatable bonds is 4. The van der Waals surface area contributed by atoms with Crippen LogP contribution in [-0.2, 0) is 4.74 Å². The second kappa shape index (κ2) is 5.68. The minimum atomic E-state index is -0.398. The molecule has 1 amide bonds. The lowest BCUT2D eigenvalue weighted by molar-refractivity contribution is 0.165. The smallest absolute Gasteiger partial charge is 0.407 e. The van der Waals surface area contributed by atoms with E-state index in [1.54, 1.807) is 0 Å². The Balaban J connectivity index is 4.45. The molecule has 0 aromatic heterocycles. The summed E-state index contributed by atoms with van der Waals surface area (Å²) < 4.78 is 4.57. The van der Waals surface area contributed by atoms with Crippen LogP contribution < -0.4 is 5.32 Å². The van der Waals surface area contributed by atoms with Crippen LogP contribution >= 0.6 is 0 Å². The normalized spacial score (nSPS) is 12.8. The Kier molecular flexibility index (Phi) is 5.28. The molecule has 0 fully saturated rings. The quantitative estimate of drug-likeness (QED) is 0.707. The van der Waals surface area contributed by atoms with Crippen molar-refractivity contribution >= 4 is 6.09 Å². The van der Waals surface area contributed by atoms with Gasteiger partial charge in [-0.2, -0.15) is 0 Å². The van der Waals surface area contributed by atoms with Crippen molar-refractivity contribution in [1.29, 1.82) is 0 Å². The van der Waals surface area contributed by atoms with Gasteiger partial charge >= 0.3 is 6.09 Å². The van der Waals surface area contributed by atoms with Crippen LogP contribution in [0.25, 0.3) is 0 Å². The summed E-state index contributed by atoms with van der Waals surface area (Å²) in [5.74, 6) is 0.684. The first kappa shape index (κ1) is 13.0. The molecule has 1 N–H and O–H groups in total. The van der Waals surface area contributed by atoms with Crippen LogP contribution in [0.2, 0.25) is 0 Å². The van der Waals surface area contributed by atoms with Crippen LogP contribution in [0.15, 0.2) is 12.2 Å². The third-order valence-corrected chi connectivity index (χ3v) is 2.27. The third-order valence-electron chi connectivity index (χ3n) is 2.27. The average Bonchev–Trinajstić information content (AvgIpc) is 2.11. The second-order valence-electron chi connectivity index (χ2n) is 4.09. The summed E-state index contributed by atoms with van der Waals surface area (Å²) in [6, 6.07) is -0.0116. The summed E-state index contributed by atoms with van der Waals surface area (Å²) in [5.41, 5.74) is 1.03. The first-order valence-corrected chi connectivity index (χ1v) is 4.93. The fourth-order valence-corrected chi connectivity index (χ4v) is 1.23. The number of hydrogen-bond acceptors (Lipinski definition) is 2. The highest BCUT2D eigenvalue weighted by Gasteiger charge is 2.21. The summed E-state index contributed by atoms with van der Waals surface area (Å²) in [6.45, 7) is 12.2. The van der Waals surface area contributed by atoms with E-state index in [0.29, 0.717) is 11.8 Å². The molecule has 0 aliphatic rings. The first-order chi connectivity index (χ1) is 6.40. The van der Waals surface area contributed by atoms with Crippen LogP contribution in [0.1, 0.15) is 27.7 Å². The summed E-state index contributed by atoms with van der Waals surface area (Å²) in [6.07, 6.45) is -0.398. The Morgan fingerprint density at radius 2 is 1.79 bits per heavy atom. The molecule has 0 aromatic rings. The van der Waals surface area contributed by atoms with Gasteiger partial charge in [-0.3, -0.25) is 0 Å². The molecular formula is C11H21NO2. The van der Waals surface area contributed by atoms with Gasteiger partial charge in [0.15, 0.2) is 0 Å². The van der Waals surface area contributed by atoms with Gasteiger partial charge in [0, 0.05) is 0 Å². The molecule has 0 aliphatic carbocycles. The van der Waals surface area contributed by atoms with E-state index in [0.717, 1.165) is 5.57 Å². The average molecular weight is 199 g/mol. The van der Waals surface area contributed by atoms with Crippen LogP contribution in [0.4, 0.5) is 4.79 Å². The van der Waals surface area contributed by atoms with Gasteiger partial charge in [0.2, 0.25) is 0 Å². The second-order valence-corrected chi connectivity index (χ2v) is 4.09. The van der Waals surface area contributed by atoms with Gasteiger partial charge in [-0.1, -0.05) is 39.8 Å². The Hall–Kier alpha value is -0.990. The number of hydrogen-bond donors (Lipinski definition) is 1. The molecule has 0 saturated carbocycles. The number of amides is 1. The topological polar surface area (TPSA) is 38.3 Å². The van der Waals surface area contributed by atoms with Gasteiger partial charge in [-0.15, -0.1) is 0 Å². The molecule has 0 radical (unpaired) electrons. The molecule has 3 nitrogen and oxygen atoms in total. The van der Waals surface area contributed by atoms with Crippen molar-refractivity contribution in [3.63, 3.8) is 0 Å². The van der Waals surface area contributed by atoms with E-state index in [-0.39, 0.29) is 6.04 Å². The van der Waals surface area contributed by atoms with E-state index in [9.17, 15) is 4.79 Å². The predicted octanol–water partition coefficient (Wildman–Crippen LogP) is 2.58. The zero-order valence-electron chi connectivity index (χ0n) is 9.76. The molecular weight excluding hydrogens is 178 g/mol. The maximum Gasteiger partial charge on any atom is 0.407 e. The maximum absolute atomic E-state index is 11.1. The molecule has 3 heteroatoms.